The largest absolute Gasteiger partial charge is 0.462 e. The van der Waals surface area contributed by atoms with Gasteiger partial charge in [-0.05, 0) is 49.7 Å². The van der Waals surface area contributed by atoms with Gasteiger partial charge in [-0.25, -0.2) is 4.79 Å². The van der Waals surface area contributed by atoms with Crippen molar-refractivity contribution in [1.82, 2.24) is 0 Å². The number of rotatable bonds is 4. The summed E-state index contributed by atoms with van der Waals surface area (Å²) in [5, 5.41) is 0.617. The molecule has 0 amide bonds. The minimum Gasteiger partial charge on any atom is -0.462 e. The number of benzene rings is 2. The van der Waals surface area contributed by atoms with E-state index in [1.807, 2.05) is 6.92 Å². The molecule has 4 nitrogen and oxygen atoms in total. The molecule has 2 N–H and O–H groups in total. The first-order valence-corrected chi connectivity index (χ1v) is 6.90. The minimum absolute atomic E-state index is 0.285. The SMILES string of the molecule is CCOC(=O)c1cccc(N)c1Oc1ccc(Cl)cc1C. The van der Waals surface area contributed by atoms with Gasteiger partial charge in [0, 0.05) is 5.02 Å². The molecular formula is C16H16ClNO3. The summed E-state index contributed by atoms with van der Waals surface area (Å²) in [6.07, 6.45) is 0. The third kappa shape index (κ3) is 3.47. The molecule has 0 bridgehead atoms. The van der Waals surface area contributed by atoms with Gasteiger partial charge in [-0.3, -0.25) is 0 Å². The summed E-state index contributed by atoms with van der Waals surface area (Å²) in [5.74, 6) is 0.413. The highest BCUT2D eigenvalue weighted by Crippen LogP contribution is 2.34. The molecule has 2 rings (SSSR count). The first kappa shape index (κ1) is 15.2. The average molecular weight is 306 g/mol. The summed E-state index contributed by atoms with van der Waals surface area (Å²) in [6, 6.07) is 10.2. The van der Waals surface area contributed by atoms with Crippen LogP contribution in [-0.2, 0) is 4.74 Å². The van der Waals surface area contributed by atoms with E-state index in [2.05, 4.69) is 0 Å². The lowest BCUT2D eigenvalue weighted by Crippen LogP contribution is -2.08. The van der Waals surface area contributed by atoms with Crippen molar-refractivity contribution in [3.8, 4) is 11.5 Å². The van der Waals surface area contributed by atoms with Crippen molar-refractivity contribution in [3.05, 3.63) is 52.5 Å². The average Bonchev–Trinajstić information content (AvgIpc) is 2.43. The lowest BCUT2D eigenvalue weighted by Gasteiger charge is -2.14. The number of carbonyl (C=O) groups is 1. The third-order valence-corrected chi connectivity index (χ3v) is 3.12. The number of para-hydroxylation sites is 1. The van der Waals surface area contributed by atoms with Gasteiger partial charge in [-0.15, -0.1) is 0 Å². The van der Waals surface area contributed by atoms with Gasteiger partial charge in [0.05, 0.1) is 12.3 Å². The van der Waals surface area contributed by atoms with Crippen molar-refractivity contribution in [3.63, 3.8) is 0 Å². The lowest BCUT2D eigenvalue weighted by atomic mass is 10.1. The standard InChI is InChI=1S/C16H16ClNO3/c1-3-20-16(19)12-5-4-6-13(18)15(12)21-14-8-7-11(17)9-10(14)2/h4-9H,3,18H2,1-2H3. The Kier molecular flexibility index (Phi) is 4.70. The second-order valence-electron chi connectivity index (χ2n) is 4.46. The number of hydrogen-bond acceptors (Lipinski definition) is 4. The molecule has 2 aromatic rings. The lowest BCUT2D eigenvalue weighted by molar-refractivity contribution is 0.0523. The zero-order chi connectivity index (χ0) is 15.4. The van der Waals surface area contributed by atoms with Crippen LogP contribution in [0.4, 0.5) is 5.69 Å². The molecule has 21 heavy (non-hydrogen) atoms. The van der Waals surface area contributed by atoms with Crippen LogP contribution in [0, 0.1) is 6.92 Å². The highest BCUT2D eigenvalue weighted by Gasteiger charge is 2.17. The van der Waals surface area contributed by atoms with E-state index >= 15 is 0 Å². The maximum Gasteiger partial charge on any atom is 0.342 e. The molecule has 0 saturated carbocycles. The van der Waals surface area contributed by atoms with Gasteiger partial charge in [0.25, 0.3) is 0 Å². The number of aryl methyl sites for hydroxylation is 1. The molecule has 110 valence electrons. The minimum atomic E-state index is -0.466. The molecule has 0 aliphatic carbocycles. The third-order valence-electron chi connectivity index (χ3n) is 2.89. The summed E-state index contributed by atoms with van der Waals surface area (Å²) in [7, 11) is 0. The molecule has 0 heterocycles. The van der Waals surface area contributed by atoms with Crippen LogP contribution in [0.25, 0.3) is 0 Å². The number of nitrogen functional groups attached to an aromatic ring is 1. The molecule has 0 spiro atoms. The summed E-state index contributed by atoms with van der Waals surface area (Å²) in [5.41, 5.74) is 7.44. The van der Waals surface area contributed by atoms with Crippen LogP contribution in [0.5, 0.6) is 11.5 Å². The predicted octanol–water partition coefficient (Wildman–Crippen LogP) is 4.20. The maximum absolute atomic E-state index is 12.0. The van der Waals surface area contributed by atoms with Gasteiger partial charge >= 0.3 is 5.97 Å². The molecule has 0 aliphatic heterocycles. The Morgan fingerprint density at radius 3 is 2.71 bits per heavy atom. The summed E-state index contributed by atoms with van der Waals surface area (Å²) in [4.78, 5) is 12.0. The van der Waals surface area contributed by atoms with Gasteiger partial charge < -0.3 is 15.2 Å². The smallest absolute Gasteiger partial charge is 0.342 e. The van der Waals surface area contributed by atoms with Crippen LogP contribution in [0.15, 0.2) is 36.4 Å². The molecule has 0 fully saturated rings. The number of carbonyl (C=O) groups excluding carboxylic acids is 1. The number of halogens is 1. The van der Waals surface area contributed by atoms with Crippen LogP contribution in [-0.4, -0.2) is 12.6 Å². The number of ether oxygens (including phenoxy) is 2. The zero-order valence-electron chi connectivity index (χ0n) is 11.9. The highest BCUT2D eigenvalue weighted by molar-refractivity contribution is 6.30. The quantitative estimate of drug-likeness (QED) is 0.679. The summed E-state index contributed by atoms with van der Waals surface area (Å²) >= 11 is 5.92. The van der Waals surface area contributed by atoms with Crippen LogP contribution < -0.4 is 10.5 Å². The van der Waals surface area contributed by atoms with E-state index in [1.54, 1.807) is 43.3 Å². The van der Waals surface area contributed by atoms with Crippen molar-refractivity contribution in [2.45, 2.75) is 13.8 Å². The van der Waals surface area contributed by atoms with E-state index < -0.39 is 5.97 Å². The van der Waals surface area contributed by atoms with E-state index in [-0.39, 0.29) is 6.61 Å². The topological polar surface area (TPSA) is 61.5 Å². The monoisotopic (exact) mass is 305 g/mol. The van der Waals surface area contributed by atoms with Crippen LogP contribution in [0.2, 0.25) is 5.02 Å². The zero-order valence-corrected chi connectivity index (χ0v) is 12.6. The van der Waals surface area contributed by atoms with E-state index in [4.69, 9.17) is 26.8 Å². The van der Waals surface area contributed by atoms with Crippen molar-refractivity contribution >= 4 is 23.3 Å². The Morgan fingerprint density at radius 1 is 1.29 bits per heavy atom. The van der Waals surface area contributed by atoms with Gasteiger partial charge in [0.15, 0.2) is 5.75 Å². The Labute approximate surface area is 128 Å². The Bertz CT molecular complexity index is 671. The van der Waals surface area contributed by atoms with E-state index in [9.17, 15) is 4.79 Å². The van der Waals surface area contributed by atoms with Gasteiger partial charge in [-0.2, -0.15) is 0 Å². The van der Waals surface area contributed by atoms with Gasteiger partial charge in [0.2, 0.25) is 0 Å². The fourth-order valence-corrected chi connectivity index (χ4v) is 2.10. The van der Waals surface area contributed by atoms with E-state index in [0.29, 0.717) is 27.8 Å². The van der Waals surface area contributed by atoms with Gasteiger partial charge in [0.1, 0.15) is 11.3 Å². The van der Waals surface area contributed by atoms with Crippen molar-refractivity contribution in [2.24, 2.45) is 0 Å². The Morgan fingerprint density at radius 2 is 2.05 bits per heavy atom. The summed E-state index contributed by atoms with van der Waals surface area (Å²) < 4.78 is 10.8. The Balaban J connectivity index is 2.41. The van der Waals surface area contributed by atoms with Crippen molar-refractivity contribution < 1.29 is 14.3 Å². The normalized spacial score (nSPS) is 10.2. The molecule has 0 radical (unpaired) electrons. The first-order valence-electron chi connectivity index (χ1n) is 6.52. The van der Waals surface area contributed by atoms with E-state index in [0.717, 1.165) is 5.56 Å². The summed E-state index contributed by atoms with van der Waals surface area (Å²) in [6.45, 7) is 3.89. The molecule has 0 saturated heterocycles. The number of esters is 1. The van der Waals surface area contributed by atoms with Crippen LogP contribution in [0.1, 0.15) is 22.8 Å². The van der Waals surface area contributed by atoms with Gasteiger partial charge in [-0.1, -0.05) is 17.7 Å². The van der Waals surface area contributed by atoms with Crippen molar-refractivity contribution in [1.29, 1.82) is 0 Å². The molecule has 2 aromatic carbocycles. The van der Waals surface area contributed by atoms with E-state index in [1.165, 1.54) is 0 Å². The number of nitrogens with two attached hydrogens (primary N) is 1. The second kappa shape index (κ2) is 6.50. The molecule has 5 heteroatoms. The molecule has 0 unspecified atom stereocenters. The first-order chi connectivity index (χ1) is 10.0. The predicted molar refractivity (Wildman–Crippen MR) is 83.1 cm³/mol. The highest BCUT2D eigenvalue weighted by atomic mass is 35.5. The van der Waals surface area contributed by atoms with Crippen molar-refractivity contribution in [2.75, 3.05) is 12.3 Å². The second-order valence-corrected chi connectivity index (χ2v) is 4.89. The number of hydrogen-bond donors (Lipinski definition) is 1. The molecular weight excluding hydrogens is 290 g/mol. The van der Waals surface area contributed by atoms with Crippen LogP contribution >= 0.6 is 11.6 Å². The fourth-order valence-electron chi connectivity index (χ4n) is 1.88. The Hall–Kier alpha value is -2.20. The molecule has 0 aromatic heterocycles. The maximum atomic E-state index is 12.0. The number of anilines is 1. The van der Waals surface area contributed by atoms with Crippen LogP contribution in [0.3, 0.4) is 0 Å². The molecule has 0 aliphatic rings. The molecule has 0 atom stereocenters. The fraction of sp³-hybridized carbons (Fsp3) is 0.188.